The van der Waals surface area contributed by atoms with Gasteiger partial charge in [0.25, 0.3) is 0 Å². The first kappa shape index (κ1) is 20.1. The van der Waals surface area contributed by atoms with Gasteiger partial charge in [0.15, 0.2) is 0 Å². The molecule has 2 aromatic rings. The minimum absolute atomic E-state index is 0.278. The van der Waals surface area contributed by atoms with E-state index < -0.39 is 10.0 Å². The third-order valence-electron chi connectivity index (χ3n) is 4.67. The van der Waals surface area contributed by atoms with E-state index in [0.29, 0.717) is 44.1 Å². The first-order chi connectivity index (χ1) is 13.5. The number of rotatable bonds is 7. The molecule has 0 aliphatic carbocycles. The second kappa shape index (κ2) is 9.04. The monoisotopic (exact) mass is 400 g/mol. The zero-order chi connectivity index (χ0) is 20.0. The molecule has 1 aliphatic rings. The third kappa shape index (κ3) is 4.61. The topological polar surface area (TPSA) is 86.5 Å². The van der Waals surface area contributed by atoms with Crippen molar-refractivity contribution in [2.24, 2.45) is 0 Å². The number of nitriles is 1. The number of ether oxygens (including phenoxy) is 1. The number of anilines is 1. The highest BCUT2D eigenvalue weighted by molar-refractivity contribution is 7.89. The van der Waals surface area contributed by atoms with Crippen molar-refractivity contribution in [3.63, 3.8) is 0 Å². The summed E-state index contributed by atoms with van der Waals surface area (Å²) in [7, 11) is -3.53. The van der Waals surface area contributed by atoms with Crippen LogP contribution in [0.2, 0.25) is 0 Å². The molecule has 148 valence electrons. The lowest BCUT2D eigenvalue weighted by Crippen LogP contribution is -2.48. The van der Waals surface area contributed by atoms with E-state index in [4.69, 9.17) is 10.00 Å². The molecular weight excluding hydrogens is 376 g/mol. The van der Waals surface area contributed by atoms with Crippen molar-refractivity contribution < 1.29 is 13.2 Å². The van der Waals surface area contributed by atoms with E-state index in [-0.39, 0.29) is 4.90 Å². The van der Waals surface area contributed by atoms with Crippen molar-refractivity contribution in [2.75, 3.05) is 37.7 Å². The molecule has 0 atom stereocenters. The molecule has 1 aromatic carbocycles. The molecule has 0 radical (unpaired) electrons. The van der Waals surface area contributed by atoms with Gasteiger partial charge in [0.05, 0.1) is 17.1 Å². The fraction of sp³-hybridized carbons (Fsp3) is 0.400. The number of aromatic nitrogens is 1. The highest BCUT2D eigenvalue weighted by Gasteiger charge is 2.28. The maximum atomic E-state index is 12.9. The molecule has 0 amide bonds. The lowest BCUT2D eigenvalue weighted by atomic mass is 10.3. The van der Waals surface area contributed by atoms with E-state index in [2.05, 4.69) is 11.9 Å². The van der Waals surface area contributed by atoms with Crippen LogP contribution in [0.1, 0.15) is 25.3 Å². The number of hydrogen-bond donors (Lipinski definition) is 0. The second-order valence-electron chi connectivity index (χ2n) is 6.58. The van der Waals surface area contributed by atoms with Crippen LogP contribution >= 0.6 is 0 Å². The van der Waals surface area contributed by atoms with Gasteiger partial charge in [-0.2, -0.15) is 9.57 Å². The molecule has 1 saturated heterocycles. The molecule has 0 N–H and O–H groups in total. The summed E-state index contributed by atoms with van der Waals surface area (Å²) in [5, 5.41) is 8.86. The van der Waals surface area contributed by atoms with Crippen LogP contribution in [0.3, 0.4) is 0 Å². The lowest BCUT2D eigenvalue weighted by Gasteiger charge is -2.34. The van der Waals surface area contributed by atoms with Crippen LogP contribution in [0.25, 0.3) is 0 Å². The molecule has 3 rings (SSSR count). The number of piperazine rings is 1. The zero-order valence-electron chi connectivity index (χ0n) is 15.9. The number of unbranched alkanes of at least 4 members (excludes halogenated alkanes) is 1. The quantitative estimate of drug-likeness (QED) is 0.664. The molecule has 0 saturated carbocycles. The van der Waals surface area contributed by atoms with Crippen LogP contribution < -0.4 is 9.64 Å². The average molecular weight is 401 g/mol. The summed E-state index contributed by atoms with van der Waals surface area (Å²) in [6, 6.07) is 12.2. The summed E-state index contributed by atoms with van der Waals surface area (Å²) >= 11 is 0. The third-order valence-corrected chi connectivity index (χ3v) is 6.58. The summed E-state index contributed by atoms with van der Waals surface area (Å²) in [4.78, 5) is 6.58. The fourth-order valence-corrected chi connectivity index (χ4v) is 4.41. The Bertz CT molecular complexity index is 913. The van der Waals surface area contributed by atoms with E-state index in [1.165, 1.54) is 10.5 Å². The standard InChI is InChI=1S/C20H24N4O3S/c1-2-3-14-27-18-5-7-19(8-6-18)28(25,26)24-12-10-23(11-13-24)20-9-4-17(15-21)16-22-20/h4-9,16H,2-3,10-14H2,1H3. The number of pyridine rings is 1. The summed E-state index contributed by atoms with van der Waals surface area (Å²) in [5.74, 6) is 1.44. The van der Waals surface area contributed by atoms with Gasteiger partial charge in [-0.25, -0.2) is 13.4 Å². The first-order valence-corrected chi connectivity index (χ1v) is 10.8. The number of sulfonamides is 1. The van der Waals surface area contributed by atoms with Gasteiger partial charge in [0.2, 0.25) is 10.0 Å². The van der Waals surface area contributed by atoms with Gasteiger partial charge in [0.1, 0.15) is 17.6 Å². The minimum atomic E-state index is -3.53. The maximum absolute atomic E-state index is 12.9. The molecule has 1 fully saturated rings. The zero-order valence-corrected chi connectivity index (χ0v) is 16.7. The van der Waals surface area contributed by atoms with Crippen molar-refractivity contribution in [1.29, 1.82) is 5.26 Å². The summed E-state index contributed by atoms with van der Waals surface area (Å²) in [5.41, 5.74) is 0.507. The van der Waals surface area contributed by atoms with Gasteiger partial charge in [-0.3, -0.25) is 0 Å². The first-order valence-electron chi connectivity index (χ1n) is 9.38. The predicted molar refractivity (Wildman–Crippen MR) is 107 cm³/mol. The van der Waals surface area contributed by atoms with Gasteiger partial charge in [-0.15, -0.1) is 0 Å². The van der Waals surface area contributed by atoms with Crippen molar-refractivity contribution >= 4 is 15.8 Å². The second-order valence-corrected chi connectivity index (χ2v) is 8.52. The van der Waals surface area contributed by atoms with Gasteiger partial charge in [0, 0.05) is 32.4 Å². The Morgan fingerprint density at radius 3 is 2.39 bits per heavy atom. The molecule has 7 nitrogen and oxygen atoms in total. The van der Waals surface area contributed by atoms with E-state index in [1.807, 2.05) is 11.0 Å². The molecule has 8 heteroatoms. The highest BCUT2D eigenvalue weighted by atomic mass is 32.2. The van der Waals surface area contributed by atoms with Crippen LogP contribution in [0.15, 0.2) is 47.5 Å². The minimum Gasteiger partial charge on any atom is -0.494 e. The molecule has 0 spiro atoms. The largest absolute Gasteiger partial charge is 0.494 e. The fourth-order valence-electron chi connectivity index (χ4n) is 2.99. The summed E-state index contributed by atoms with van der Waals surface area (Å²) in [6.07, 6.45) is 3.55. The Kier molecular flexibility index (Phi) is 6.49. The van der Waals surface area contributed by atoms with E-state index in [1.54, 1.807) is 36.4 Å². The normalized spacial score (nSPS) is 15.2. The SMILES string of the molecule is CCCCOc1ccc(S(=O)(=O)N2CCN(c3ccc(C#N)cn3)CC2)cc1. The smallest absolute Gasteiger partial charge is 0.243 e. The highest BCUT2D eigenvalue weighted by Crippen LogP contribution is 2.22. The van der Waals surface area contributed by atoms with Crippen LogP contribution in [-0.4, -0.2) is 50.5 Å². The molecule has 1 aliphatic heterocycles. The number of hydrogen-bond acceptors (Lipinski definition) is 6. The number of nitrogens with zero attached hydrogens (tertiary/aromatic N) is 4. The van der Waals surface area contributed by atoms with Crippen LogP contribution in [0.5, 0.6) is 5.75 Å². The van der Waals surface area contributed by atoms with Gasteiger partial charge in [-0.1, -0.05) is 13.3 Å². The Morgan fingerprint density at radius 1 is 1.11 bits per heavy atom. The number of benzene rings is 1. The van der Waals surface area contributed by atoms with E-state index in [9.17, 15) is 8.42 Å². The van der Waals surface area contributed by atoms with Crippen molar-refractivity contribution in [1.82, 2.24) is 9.29 Å². The van der Waals surface area contributed by atoms with E-state index in [0.717, 1.165) is 18.7 Å². The Labute approximate surface area is 166 Å². The van der Waals surface area contributed by atoms with Crippen molar-refractivity contribution in [3.05, 3.63) is 48.2 Å². The Balaban J connectivity index is 1.61. The van der Waals surface area contributed by atoms with Gasteiger partial charge < -0.3 is 9.64 Å². The van der Waals surface area contributed by atoms with Crippen molar-refractivity contribution in [3.8, 4) is 11.8 Å². The molecule has 2 heterocycles. The Morgan fingerprint density at radius 2 is 1.82 bits per heavy atom. The van der Waals surface area contributed by atoms with Crippen LogP contribution in [0.4, 0.5) is 5.82 Å². The lowest BCUT2D eigenvalue weighted by molar-refractivity contribution is 0.309. The van der Waals surface area contributed by atoms with Gasteiger partial charge >= 0.3 is 0 Å². The molecule has 0 unspecified atom stereocenters. The maximum Gasteiger partial charge on any atom is 0.243 e. The summed E-state index contributed by atoms with van der Waals surface area (Å²) in [6.45, 7) is 4.61. The summed E-state index contributed by atoms with van der Waals surface area (Å²) < 4.78 is 32.9. The van der Waals surface area contributed by atoms with E-state index >= 15 is 0 Å². The Hall–Kier alpha value is -2.63. The predicted octanol–water partition coefficient (Wildman–Crippen LogP) is 2.64. The molecular formula is C20H24N4O3S. The average Bonchev–Trinajstić information content (AvgIpc) is 2.74. The van der Waals surface area contributed by atoms with Crippen LogP contribution in [-0.2, 0) is 10.0 Å². The van der Waals surface area contributed by atoms with Crippen molar-refractivity contribution in [2.45, 2.75) is 24.7 Å². The molecule has 0 bridgehead atoms. The molecule has 1 aromatic heterocycles. The molecule has 28 heavy (non-hydrogen) atoms. The van der Waals surface area contributed by atoms with Crippen LogP contribution in [0, 0.1) is 11.3 Å². The van der Waals surface area contributed by atoms with Gasteiger partial charge in [-0.05, 0) is 42.8 Å².